The maximum atomic E-state index is 12.4. The molecule has 27 heavy (non-hydrogen) atoms. The van der Waals surface area contributed by atoms with Crippen LogP contribution in [0.15, 0.2) is 54.2 Å². The molecular formula is C21H23N3O2S. The van der Waals surface area contributed by atoms with Crippen LogP contribution < -0.4 is 4.74 Å². The van der Waals surface area contributed by atoms with Gasteiger partial charge in [-0.3, -0.25) is 9.78 Å². The van der Waals surface area contributed by atoms with Crippen molar-refractivity contribution in [3.8, 4) is 5.75 Å². The number of ether oxygens (including phenoxy) is 1. The number of aryl methyl sites for hydroxylation is 1. The van der Waals surface area contributed by atoms with E-state index in [-0.39, 0.29) is 5.91 Å². The second-order valence-corrected chi connectivity index (χ2v) is 7.37. The average molecular weight is 382 g/mol. The van der Waals surface area contributed by atoms with Crippen LogP contribution >= 0.6 is 11.3 Å². The Balaban J connectivity index is 1.46. The van der Waals surface area contributed by atoms with Gasteiger partial charge in [0.15, 0.2) is 0 Å². The fourth-order valence-corrected chi connectivity index (χ4v) is 3.24. The van der Waals surface area contributed by atoms with Gasteiger partial charge in [0.1, 0.15) is 17.4 Å². The molecule has 0 saturated heterocycles. The van der Waals surface area contributed by atoms with Gasteiger partial charge >= 0.3 is 0 Å². The first-order valence-corrected chi connectivity index (χ1v) is 9.74. The summed E-state index contributed by atoms with van der Waals surface area (Å²) in [7, 11) is 1.83. The first kappa shape index (κ1) is 19.0. The molecule has 0 radical (unpaired) electrons. The SMILES string of the molecule is Cc1ccc(OCc2nc(CC(=O)N(C)CCc3ccncc3)cs2)cc1. The summed E-state index contributed by atoms with van der Waals surface area (Å²) in [6, 6.07) is 11.9. The number of amides is 1. The molecule has 0 atom stereocenters. The van der Waals surface area contributed by atoms with Crippen LogP contribution in [0.3, 0.4) is 0 Å². The van der Waals surface area contributed by atoms with Crippen LogP contribution in [-0.4, -0.2) is 34.4 Å². The molecular weight excluding hydrogens is 358 g/mol. The van der Waals surface area contributed by atoms with Gasteiger partial charge in [-0.25, -0.2) is 4.98 Å². The minimum Gasteiger partial charge on any atom is -0.486 e. The molecule has 0 aliphatic carbocycles. The Bertz CT molecular complexity index is 863. The highest BCUT2D eigenvalue weighted by molar-refractivity contribution is 7.09. The van der Waals surface area contributed by atoms with E-state index < -0.39 is 0 Å². The summed E-state index contributed by atoms with van der Waals surface area (Å²) < 4.78 is 5.75. The molecule has 0 aliphatic rings. The zero-order valence-electron chi connectivity index (χ0n) is 15.6. The third-order valence-corrected chi connectivity index (χ3v) is 5.10. The number of pyridine rings is 1. The predicted octanol–water partition coefficient (Wildman–Crippen LogP) is 3.67. The molecule has 1 amide bonds. The fourth-order valence-electron chi connectivity index (χ4n) is 2.54. The fraction of sp³-hybridized carbons (Fsp3) is 0.286. The number of hydrogen-bond acceptors (Lipinski definition) is 5. The number of benzene rings is 1. The minimum absolute atomic E-state index is 0.0698. The topological polar surface area (TPSA) is 55.3 Å². The van der Waals surface area contributed by atoms with Crippen LogP contribution in [-0.2, 0) is 24.2 Å². The molecule has 3 rings (SSSR count). The van der Waals surface area contributed by atoms with Crippen molar-refractivity contribution in [3.05, 3.63) is 76.0 Å². The van der Waals surface area contributed by atoms with Crippen molar-refractivity contribution in [2.75, 3.05) is 13.6 Å². The molecule has 140 valence electrons. The van der Waals surface area contributed by atoms with E-state index in [0.717, 1.165) is 22.9 Å². The van der Waals surface area contributed by atoms with E-state index in [2.05, 4.69) is 9.97 Å². The van der Waals surface area contributed by atoms with Crippen molar-refractivity contribution in [2.24, 2.45) is 0 Å². The number of carbonyl (C=O) groups is 1. The summed E-state index contributed by atoms with van der Waals surface area (Å²) >= 11 is 1.52. The first-order chi connectivity index (χ1) is 13.1. The Kier molecular flexibility index (Phi) is 6.54. The molecule has 0 unspecified atom stereocenters. The van der Waals surface area contributed by atoms with Gasteiger partial charge in [0.25, 0.3) is 0 Å². The molecule has 0 saturated carbocycles. The normalized spacial score (nSPS) is 10.6. The lowest BCUT2D eigenvalue weighted by Crippen LogP contribution is -2.30. The number of carbonyl (C=O) groups excluding carboxylic acids is 1. The smallest absolute Gasteiger partial charge is 0.228 e. The van der Waals surface area contributed by atoms with Crippen molar-refractivity contribution in [1.29, 1.82) is 0 Å². The lowest BCUT2D eigenvalue weighted by atomic mass is 10.2. The zero-order valence-corrected chi connectivity index (χ0v) is 16.4. The van der Waals surface area contributed by atoms with Crippen molar-refractivity contribution >= 4 is 17.2 Å². The summed E-state index contributed by atoms with van der Waals surface area (Å²) in [6.07, 6.45) is 4.67. The van der Waals surface area contributed by atoms with Gasteiger partial charge in [0.05, 0.1) is 12.1 Å². The highest BCUT2D eigenvalue weighted by Crippen LogP contribution is 2.16. The Labute approximate surface area is 163 Å². The second kappa shape index (κ2) is 9.28. The third-order valence-electron chi connectivity index (χ3n) is 4.23. The van der Waals surface area contributed by atoms with E-state index in [1.807, 2.05) is 55.7 Å². The van der Waals surface area contributed by atoms with Gasteiger partial charge < -0.3 is 9.64 Å². The second-order valence-electron chi connectivity index (χ2n) is 6.43. The molecule has 1 aromatic carbocycles. The Morgan fingerprint density at radius 2 is 1.89 bits per heavy atom. The van der Waals surface area contributed by atoms with Crippen molar-refractivity contribution in [2.45, 2.75) is 26.4 Å². The standard InChI is InChI=1S/C21H23N3O2S/c1-16-3-5-19(6-4-16)26-14-20-23-18(15-27-20)13-21(25)24(2)12-9-17-7-10-22-11-8-17/h3-8,10-11,15H,9,12-14H2,1-2H3. The van der Waals surface area contributed by atoms with Crippen LogP contribution in [0.25, 0.3) is 0 Å². The molecule has 3 aromatic rings. The van der Waals surface area contributed by atoms with E-state index in [9.17, 15) is 4.79 Å². The van der Waals surface area contributed by atoms with Crippen LogP contribution in [0.1, 0.15) is 21.8 Å². The average Bonchev–Trinajstić information content (AvgIpc) is 3.13. The van der Waals surface area contributed by atoms with Crippen LogP contribution in [0.5, 0.6) is 5.75 Å². The molecule has 0 bridgehead atoms. The highest BCUT2D eigenvalue weighted by atomic mass is 32.1. The third kappa shape index (κ3) is 5.89. The lowest BCUT2D eigenvalue weighted by Gasteiger charge is -2.16. The van der Waals surface area contributed by atoms with Crippen molar-refractivity contribution < 1.29 is 9.53 Å². The Morgan fingerprint density at radius 1 is 1.15 bits per heavy atom. The summed E-state index contributed by atoms with van der Waals surface area (Å²) in [5.41, 5.74) is 3.17. The Hall–Kier alpha value is -2.73. The number of likely N-dealkylation sites (N-methyl/N-ethyl adjacent to an activating group) is 1. The molecule has 5 nitrogen and oxygen atoms in total. The minimum atomic E-state index is 0.0698. The lowest BCUT2D eigenvalue weighted by molar-refractivity contribution is -0.129. The van der Waals surface area contributed by atoms with E-state index >= 15 is 0 Å². The summed E-state index contributed by atoms with van der Waals surface area (Å²) in [6.45, 7) is 3.14. The maximum absolute atomic E-state index is 12.4. The van der Waals surface area contributed by atoms with Gasteiger partial charge in [0.2, 0.25) is 5.91 Å². The van der Waals surface area contributed by atoms with E-state index in [1.54, 1.807) is 17.3 Å². The van der Waals surface area contributed by atoms with Gasteiger partial charge in [0, 0.05) is 31.4 Å². The molecule has 6 heteroatoms. The van der Waals surface area contributed by atoms with Gasteiger partial charge in [-0.1, -0.05) is 17.7 Å². The van der Waals surface area contributed by atoms with Crippen molar-refractivity contribution in [3.63, 3.8) is 0 Å². The molecule has 0 N–H and O–H groups in total. The zero-order chi connectivity index (χ0) is 19.1. The van der Waals surface area contributed by atoms with Gasteiger partial charge in [-0.2, -0.15) is 0 Å². The predicted molar refractivity (Wildman–Crippen MR) is 107 cm³/mol. The maximum Gasteiger partial charge on any atom is 0.228 e. The summed E-state index contributed by atoms with van der Waals surface area (Å²) in [5.74, 6) is 0.893. The molecule has 2 aromatic heterocycles. The molecule has 0 spiro atoms. The van der Waals surface area contributed by atoms with Crippen molar-refractivity contribution in [1.82, 2.24) is 14.9 Å². The highest BCUT2D eigenvalue weighted by Gasteiger charge is 2.12. The van der Waals surface area contributed by atoms with Crippen LogP contribution in [0, 0.1) is 6.92 Å². The number of aromatic nitrogens is 2. The Morgan fingerprint density at radius 3 is 2.63 bits per heavy atom. The van der Waals surface area contributed by atoms with E-state index in [4.69, 9.17) is 4.74 Å². The van der Waals surface area contributed by atoms with Crippen LogP contribution in [0.2, 0.25) is 0 Å². The van der Waals surface area contributed by atoms with Gasteiger partial charge in [-0.15, -0.1) is 11.3 Å². The van der Waals surface area contributed by atoms with E-state index in [1.165, 1.54) is 22.5 Å². The summed E-state index contributed by atoms with van der Waals surface area (Å²) in [4.78, 5) is 22.7. The van der Waals surface area contributed by atoms with Crippen LogP contribution in [0.4, 0.5) is 0 Å². The quantitative estimate of drug-likeness (QED) is 0.597. The number of rotatable bonds is 8. The molecule has 2 heterocycles. The number of nitrogens with zero attached hydrogens (tertiary/aromatic N) is 3. The largest absolute Gasteiger partial charge is 0.486 e. The number of thiazole rings is 1. The number of hydrogen-bond donors (Lipinski definition) is 0. The monoisotopic (exact) mass is 381 g/mol. The first-order valence-electron chi connectivity index (χ1n) is 8.86. The summed E-state index contributed by atoms with van der Waals surface area (Å²) in [5, 5.41) is 2.81. The molecule has 0 aliphatic heterocycles. The van der Waals surface area contributed by atoms with Gasteiger partial charge in [-0.05, 0) is 43.2 Å². The van der Waals surface area contributed by atoms with E-state index in [0.29, 0.717) is 19.6 Å². The molecule has 0 fully saturated rings.